The summed E-state index contributed by atoms with van der Waals surface area (Å²) in [6.07, 6.45) is 3.83. The Bertz CT molecular complexity index is 626. The molecule has 1 aromatic carbocycles. The zero-order chi connectivity index (χ0) is 15.5. The zero-order valence-corrected chi connectivity index (χ0v) is 12.5. The maximum atomic E-state index is 11.5. The van der Waals surface area contributed by atoms with Crippen LogP contribution >= 0.6 is 0 Å². The van der Waals surface area contributed by atoms with E-state index >= 15 is 0 Å². The molecule has 0 bridgehead atoms. The number of esters is 1. The van der Waals surface area contributed by atoms with Gasteiger partial charge >= 0.3 is 5.97 Å². The van der Waals surface area contributed by atoms with Gasteiger partial charge in [0, 0.05) is 11.8 Å². The number of rotatable bonds is 5. The van der Waals surface area contributed by atoms with Crippen molar-refractivity contribution in [3.63, 3.8) is 0 Å². The van der Waals surface area contributed by atoms with Crippen molar-refractivity contribution in [1.82, 2.24) is 9.78 Å². The SMILES string of the molecule is COC(=O)Cc1ccccc1-c1cnn(CC(C)(C)O)c1. The highest BCUT2D eigenvalue weighted by atomic mass is 16.5. The van der Waals surface area contributed by atoms with E-state index in [9.17, 15) is 9.90 Å². The van der Waals surface area contributed by atoms with Gasteiger partial charge in [-0.15, -0.1) is 0 Å². The molecule has 0 aliphatic carbocycles. The van der Waals surface area contributed by atoms with Crippen molar-refractivity contribution in [1.29, 1.82) is 0 Å². The van der Waals surface area contributed by atoms with Crippen LogP contribution in [0.1, 0.15) is 19.4 Å². The normalized spacial score (nSPS) is 11.4. The minimum absolute atomic E-state index is 0.226. The second-order valence-electron chi connectivity index (χ2n) is 5.65. The molecule has 2 rings (SSSR count). The quantitative estimate of drug-likeness (QED) is 0.855. The molecule has 1 heterocycles. The molecule has 0 aliphatic heterocycles. The van der Waals surface area contributed by atoms with Crippen LogP contribution in [0.5, 0.6) is 0 Å². The first-order chi connectivity index (χ1) is 9.89. The van der Waals surface area contributed by atoms with E-state index in [2.05, 4.69) is 5.10 Å². The van der Waals surface area contributed by atoms with E-state index in [4.69, 9.17) is 4.74 Å². The van der Waals surface area contributed by atoms with Gasteiger partial charge in [-0.25, -0.2) is 0 Å². The van der Waals surface area contributed by atoms with Gasteiger partial charge in [0.2, 0.25) is 0 Å². The zero-order valence-electron chi connectivity index (χ0n) is 12.5. The summed E-state index contributed by atoms with van der Waals surface area (Å²) < 4.78 is 6.42. The summed E-state index contributed by atoms with van der Waals surface area (Å²) in [6.45, 7) is 3.88. The highest BCUT2D eigenvalue weighted by Crippen LogP contribution is 2.24. The molecule has 0 radical (unpaired) electrons. The number of carbonyl (C=O) groups is 1. The van der Waals surface area contributed by atoms with Crippen LogP contribution in [0, 0.1) is 0 Å². The number of carbonyl (C=O) groups excluding carboxylic acids is 1. The monoisotopic (exact) mass is 288 g/mol. The van der Waals surface area contributed by atoms with Crippen LogP contribution in [-0.4, -0.2) is 33.6 Å². The number of hydrogen-bond donors (Lipinski definition) is 1. The van der Waals surface area contributed by atoms with Crippen molar-refractivity contribution in [2.24, 2.45) is 0 Å². The highest BCUT2D eigenvalue weighted by Gasteiger charge is 2.15. The molecule has 112 valence electrons. The summed E-state index contributed by atoms with van der Waals surface area (Å²) in [5.74, 6) is -0.272. The van der Waals surface area contributed by atoms with Crippen LogP contribution in [0.25, 0.3) is 11.1 Å². The van der Waals surface area contributed by atoms with Crippen LogP contribution in [0.2, 0.25) is 0 Å². The third-order valence-electron chi connectivity index (χ3n) is 3.07. The first-order valence-electron chi connectivity index (χ1n) is 6.79. The molecule has 0 atom stereocenters. The number of benzene rings is 1. The van der Waals surface area contributed by atoms with E-state index in [1.165, 1.54) is 7.11 Å². The Morgan fingerprint density at radius 2 is 2.10 bits per heavy atom. The molecular formula is C16H20N2O3. The molecule has 0 fully saturated rings. The number of aliphatic hydroxyl groups is 1. The Kier molecular flexibility index (Phi) is 4.43. The Morgan fingerprint density at radius 3 is 2.76 bits per heavy atom. The van der Waals surface area contributed by atoms with Crippen molar-refractivity contribution >= 4 is 5.97 Å². The van der Waals surface area contributed by atoms with Crippen LogP contribution in [0.4, 0.5) is 0 Å². The Morgan fingerprint density at radius 1 is 1.38 bits per heavy atom. The largest absolute Gasteiger partial charge is 0.469 e. The number of methoxy groups -OCH3 is 1. The fraction of sp³-hybridized carbons (Fsp3) is 0.375. The van der Waals surface area contributed by atoms with E-state index < -0.39 is 5.60 Å². The van der Waals surface area contributed by atoms with Gasteiger partial charge in [0.1, 0.15) is 0 Å². The van der Waals surface area contributed by atoms with Crippen molar-refractivity contribution in [2.45, 2.75) is 32.4 Å². The molecule has 0 saturated heterocycles. The van der Waals surface area contributed by atoms with Gasteiger partial charge in [-0.3, -0.25) is 9.48 Å². The average molecular weight is 288 g/mol. The summed E-state index contributed by atoms with van der Waals surface area (Å²) in [7, 11) is 1.38. The summed E-state index contributed by atoms with van der Waals surface area (Å²) in [5.41, 5.74) is 1.94. The molecule has 5 heteroatoms. The molecule has 5 nitrogen and oxygen atoms in total. The first kappa shape index (κ1) is 15.3. The Balaban J connectivity index is 2.28. The van der Waals surface area contributed by atoms with Gasteiger partial charge in [0.15, 0.2) is 0 Å². The summed E-state index contributed by atoms with van der Waals surface area (Å²) >= 11 is 0. The maximum absolute atomic E-state index is 11.5. The maximum Gasteiger partial charge on any atom is 0.309 e. The number of aromatic nitrogens is 2. The standard InChI is InChI=1S/C16H20N2O3/c1-16(2,20)11-18-10-13(9-17-18)14-7-5-4-6-12(14)8-15(19)21-3/h4-7,9-10,20H,8,11H2,1-3H3. The van der Waals surface area contributed by atoms with Crippen LogP contribution in [0.15, 0.2) is 36.7 Å². The predicted octanol–water partition coefficient (Wildman–Crippen LogP) is 2.04. The van der Waals surface area contributed by atoms with Crippen molar-refractivity contribution in [3.05, 3.63) is 42.2 Å². The third-order valence-corrected chi connectivity index (χ3v) is 3.07. The van der Waals surface area contributed by atoms with Gasteiger partial charge in [0.25, 0.3) is 0 Å². The molecule has 21 heavy (non-hydrogen) atoms. The second-order valence-corrected chi connectivity index (χ2v) is 5.65. The van der Waals surface area contributed by atoms with E-state index in [1.54, 1.807) is 24.7 Å². The average Bonchev–Trinajstić information content (AvgIpc) is 2.85. The van der Waals surface area contributed by atoms with Gasteiger partial charge in [-0.05, 0) is 25.0 Å². The number of ether oxygens (including phenoxy) is 1. The van der Waals surface area contributed by atoms with Crippen LogP contribution in [0.3, 0.4) is 0 Å². The molecule has 0 spiro atoms. The van der Waals surface area contributed by atoms with E-state index in [-0.39, 0.29) is 12.4 Å². The van der Waals surface area contributed by atoms with Gasteiger partial charge in [0.05, 0.1) is 31.9 Å². The first-order valence-corrected chi connectivity index (χ1v) is 6.79. The van der Waals surface area contributed by atoms with Crippen molar-refractivity contribution < 1.29 is 14.6 Å². The summed E-state index contributed by atoms with van der Waals surface area (Å²) in [4.78, 5) is 11.5. The lowest BCUT2D eigenvalue weighted by molar-refractivity contribution is -0.139. The second kappa shape index (κ2) is 6.10. The fourth-order valence-electron chi connectivity index (χ4n) is 2.17. The summed E-state index contributed by atoms with van der Waals surface area (Å²) in [6, 6.07) is 7.66. The van der Waals surface area contributed by atoms with Gasteiger partial charge < -0.3 is 9.84 Å². The minimum atomic E-state index is -0.825. The molecule has 0 unspecified atom stereocenters. The Hall–Kier alpha value is -2.14. The highest BCUT2D eigenvalue weighted by molar-refractivity contribution is 5.77. The van der Waals surface area contributed by atoms with E-state index in [0.717, 1.165) is 16.7 Å². The lowest BCUT2D eigenvalue weighted by Gasteiger charge is -2.16. The fourth-order valence-corrected chi connectivity index (χ4v) is 2.17. The van der Waals surface area contributed by atoms with E-state index in [0.29, 0.717) is 6.54 Å². The smallest absolute Gasteiger partial charge is 0.309 e. The molecule has 1 aromatic heterocycles. The summed E-state index contributed by atoms with van der Waals surface area (Å²) in [5, 5.41) is 14.1. The number of hydrogen-bond acceptors (Lipinski definition) is 4. The van der Waals surface area contributed by atoms with Gasteiger partial charge in [-0.1, -0.05) is 24.3 Å². The predicted molar refractivity (Wildman–Crippen MR) is 79.7 cm³/mol. The molecular weight excluding hydrogens is 268 g/mol. The van der Waals surface area contributed by atoms with E-state index in [1.807, 2.05) is 30.5 Å². The topological polar surface area (TPSA) is 64.3 Å². The molecule has 0 amide bonds. The van der Waals surface area contributed by atoms with Crippen LogP contribution in [-0.2, 0) is 22.5 Å². The Labute approximate surface area is 124 Å². The molecule has 0 saturated carbocycles. The van der Waals surface area contributed by atoms with Crippen LogP contribution < -0.4 is 0 Å². The minimum Gasteiger partial charge on any atom is -0.469 e. The van der Waals surface area contributed by atoms with Crippen molar-refractivity contribution in [2.75, 3.05) is 7.11 Å². The lowest BCUT2D eigenvalue weighted by Crippen LogP contribution is -2.26. The number of nitrogens with zero attached hydrogens (tertiary/aromatic N) is 2. The molecule has 0 aliphatic rings. The molecule has 1 N–H and O–H groups in total. The van der Waals surface area contributed by atoms with Gasteiger partial charge in [-0.2, -0.15) is 5.10 Å². The lowest BCUT2D eigenvalue weighted by atomic mass is 10.0. The third kappa shape index (κ3) is 4.16. The van der Waals surface area contributed by atoms with Crippen molar-refractivity contribution in [3.8, 4) is 11.1 Å². The molecule has 2 aromatic rings.